The topological polar surface area (TPSA) is 83.1 Å². The summed E-state index contributed by atoms with van der Waals surface area (Å²) < 4.78 is 80.0. The molecule has 1 amide bonds. The van der Waals surface area contributed by atoms with Gasteiger partial charge in [-0.3, -0.25) is 9.89 Å². The number of anilines is 2. The minimum Gasteiger partial charge on any atom is -0.406 e. The fourth-order valence-corrected chi connectivity index (χ4v) is 3.60. The highest BCUT2D eigenvalue weighted by Crippen LogP contribution is 2.38. The molecule has 7 nitrogen and oxygen atoms in total. The number of hydrogen-bond acceptors (Lipinski definition) is 5. The molecule has 4 rings (SSSR count). The smallest absolute Gasteiger partial charge is 0.406 e. The van der Waals surface area contributed by atoms with E-state index in [2.05, 4.69) is 25.2 Å². The van der Waals surface area contributed by atoms with Crippen LogP contribution in [0.4, 0.5) is 37.8 Å². The number of benzene rings is 1. The Bertz CT molecular complexity index is 1150. The van der Waals surface area contributed by atoms with Crippen LogP contribution < -0.4 is 15.0 Å². The Morgan fingerprint density at radius 2 is 1.85 bits per heavy atom. The van der Waals surface area contributed by atoms with Crippen LogP contribution in [0.3, 0.4) is 0 Å². The molecule has 180 valence electrons. The maximum Gasteiger partial charge on any atom is 0.573 e. The number of amides is 1. The maximum atomic E-state index is 13.1. The molecule has 3 aromatic rings. The summed E-state index contributed by atoms with van der Waals surface area (Å²) in [6, 6.07) is 7.62. The number of rotatable bonds is 5. The molecule has 0 aliphatic carbocycles. The summed E-state index contributed by atoms with van der Waals surface area (Å²) in [5.74, 6) is -2.25. The van der Waals surface area contributed by atoms with Crippen molar-refractivity contribution in [3.05, 3.63) is 54.4 Å². The molecule has 0 radical (unpaired) electrons. The van der Waals surface area contributed by atoms with Crippen molar-refractivity contribution in [1.29, 1.82) is 0 Å². The Morgan fingerprint density at radius 1 is 1.12 bits per heavy atom. The van der Waals surface area contributed by atoms with Crippen LogP contribution in [0.5, 0.6) is 5.75 Å². The van der Waals surface area contributed by atoms with E-state index in [-0.39, 0.29) is 36.6 Å². The highest BCUT2D eigenvalue weighted by molar-refractivity contribution is 6.05. The summed E-state index contributed by atoms with van der Waals surface area (Å²) >= 11 is 0. The Balaban J connectivity index is 1.55. The fourth-order valence-electron chi connectivity index (χ4n) is 3.60. The number of pyridine rings is 1. The summed E-state index contributed by atoms with van der Waals surface area (Å²) in [4.78, 5) is 18.5. The Labute approximate surface area is 188 Å². The van der Waals surface area contributed by atoms with E-state index in [1.165, 1.54) is 35.5 Å². The van der Waals surface area contributed by atoms with Crippen LogP contribution in [0.15, 0.2) is 48.8 Å². The third kappa shape index (κ3) is 5.41. The normalized spacial score (nSPS) is 16.5. The molecule has 0 spiro atoms. The first-order chi connectivity index (χ1) is 16.0. The van der Waals surface area contributed by atoms with Crippen LogP contribution in [0.2, 0.25) is 0 Å². The van der Waals surface area contributed by atoms with Gasteiger partial charge < -0.3 is 15.0 Å². The third-order valence-corrected chi connectivity index (χ3v) is 5.22. The van der Waals surface area contributed by atoms with Gasteiger partial charge in [-0.05, 0) is 42.8 Å². The van der Waals surface area contributed by atoms with E-state index in [1.807, 2.05) is 0 Å². The molecule has 2 N–H and O–H groups in total. The number of nitrogens with one attached hydrogen (secondary N) is 2. The van der Waals surface area contributed by atoms with E-state index >= 15 is 0 Å². The number of H-pyrrole nitrogens is 1. The highest BCUT2D eigenvalue weighted by atomic mass is 19.4. The number of ether oxygens (including phenoxy) is 1. The summed E-state index contributed by atoms with van der Waals surface area (Å²) in [6.07, 6.45) is -6.53. The standard InChI is InChI=1S/C21H17F6N5O2/c22-20(23,24)13-6-8-32(11-13)18-16(17-5-7-29-31-17)9-12(10-28-18)19(33)30-14-1-3-15(4-2-14)34-21(25,26)27/h1-5,7,9-10,13H,6,8,11H2,(H,29,31)(H,30,33). The lowest BCUT2D eigenvalue weighted by Crippen LogP contribution is -2.28. The van der Waals surface area contributed by atoms with Gasteiger partial charge in [-0.15, -0.1) is 13.2 Å². The molecule has 0 saturated carbocycles. The number of aromatic amines is 1. The van der Waals surface area contributed by atoms with Crippen molar-refractivity contribution >= 4 is 17.4 Å². The summed E-state index contributed by atoms with van der Waals surface area (Å²) in [5.41, 5.74) is 1.15. The van der Waals surface area contributed by atoms with Gasteiger partial charge in [0.25, 0.3) is 5.91 Å². The zero-order valence-electron chi connectivity index (χ0n) is 17.2. The molecule has 1 unspecified atom stereocenters. The van der Waals surface area contributed by atoms with E-state index in [1.54, 1.807) is 6.07 Å². The lowest BCUT2D eigenvalue weighted by atomic mass is 10.1. The quantitative estimate of drug-likeness (QED) is 0.497. The van der Waals surface area contributed by atoms with Crippen molar-refractivity contribution in [2.45, 2.75) is 19.0 Å². The largest absolute Gasteiger partial charge is 0.573 e. The van der Waals surface area contributed by atoms with Crippen molar-refractivity contribution in [2.75, 3.05) is 23.3 Å². The molecule has 1 aromatic carbocycles. The van der Waals surface area contributed by atoms with Gasteiger partial charge in [0.15, 0.2) is 0 Å². The van der Waals surface area contributed by atoms with Crippen molar-refractivity contribution in [1.82, 2.24) is 15.2 Å². The molecule has 1 saturated heterocycles. The molecule has 13 heteroatoms. The van der Waals surface area contributed by atoms with Gasteiger partial charge >= 0.3 is 12.5 Å². The summed E-state index contributed by atoms with van der Waals surface area (Å²) in [7, 11) is 0. The van der Waals surface area contributed by atoms with Crippen LogP contribution in [0, 0.1) is 5.92 Å². The highest BCUT2D eigenvalue weighted by Gasteiger charge is 2.44. The molecule has 1 aliphatic heterocycles. The van der Waals surface area contributed by atoms with Gasteiger partial charge in [0.1, 0.15) is 11.6 Å². The number of halogens is 6. The van der Waals surface area contributed by atoms with Gasteiger partial charge in [0.2, 0.25) is 0 Å². The number of carbonyl (C=O) groups is 1. The lowest BCUT2D eigenvalue weighted by Gasteiger charge is -2.21. The molecular weight excluding hydrogens is 468 g/mol. The van der Waals surface area contributed by atoms with Gasteiger partial charge in [0, 0.05) is 36.7 Å². The molecule has 3 heterocycles. The number of aromatic nitrogens is 3. The Kier molecular flexibility index (Phi) is 6.11. The first-order valence-electron chi connectivity index (χ1n) is 9.98. The van der Waals surface area contributed by atoms with Crippen LogP contribution in [0.25, 0.3) is 11.3 Å². The second kappa shape index (κ2) is 8.88. The van der Waals surface area contributed by atoms with Crippen LogP contribution >= 0.6 is 0 Å². The van der Waals surface area contributed by atoms with Crippen molar-refractivity contribution in [2.24, 2.45) is 5.92 Å². The average molecular weight is 485 g/mol. The van der Waals surface area contributed by atoms with E-state index in [9.17, 15) is 31.1 Å². The van der Waals surface area contributed by atoms with E-state index in [4.69, 9.17) is 0 Å². The minimum absolute atomic E-state index is 0.0656. The zero-order chi connectivity index (χ0) is 24.5. The SMILES string of the molecule is O=C(Nc1ccc(OC(F)(F)F)cc1)c1cnc(N2CCC(C(F)(F)F)C2)c(-c2ccn[nH]2)c1. The lowest BCUT2D eigenvalue weighted by molar-refractivity contribution is -0.274. The molecule has 1 fully saturated rings. The van der Waals surface area contributed by atoms with Crippen LogP contribution in [-0.4, -0.2) is 46.7 Å². The van der Waals surface area contributed by atoms with Crippen LogP contribution in [0.1, 0.15) is 16.8 Å². The average Bonchev–Trinajstić information content (AvgIpc) is 3.46. The van der Waals surface area contributed by atoms with Gasteiger partial charge in [-0.2, -0.15) is 18.3 Å². The van der Waals surface area contributed by atoms with E-state index in [0.29, 0.717) is 11.3 Å². The third-order valence-electron chi connectivity index (χ3n) is 5.22. The van der Waals surface area contributed by atoms with Crippen molar-refractivity contribution in [3.8, 4) is 17.0 Å². The van der Waals surface area contributed by atoms with Crippen LogP contribution in [-0.2, 0) is 0 Å². The monoisotopic (exact) mass is 485 g/mol. The van der Waals surface area contributed by atoms with Crippen molar-refractivity contribution < 1.29 is 35.9 Å². The van der Waals surface area contributed by atoms with E-state index < -0.39 is 30.1 Å². The minimum atomic E-state index is -4.84. The van der Waals surface area contributed by atoms with E-state index in [0.717, 1.165) is 12.1 Å². The number of alkyl halides is 6. The second-order valence-electron chi connectivity index (χ2n) is 7.57. The molecule has 34 heavy (non-hydrogen) atoms. The van der Waals surface area contributed by atoms with Gasteiger partial charge in [-0.1, -0.05) is 0 Å². The first kappa shape index (κ1) is 23.4. The molecular formula is C21H17F6N5O2. The Morgan fingerprint density at radius 3 is 2.44 bits per heavy atom. The predicted octanol–water partition coefficient (Wildman–Crippen LogP) is 5.01. The fraction of sp³-hybridized carbons (Fsp3) is 0.286. The summed E-state index contributed by atoms with van der Waals surface area (Å²) in [5, 5.41) is 9.11. The molecule has 1 aliphatic rings. The molecule has 2 aromatic heterocycles. The number of carbonyl (C=O) groups excluding carboxylic acids is 1. The predicted molar refractivity (Wildman–Crippen MR) is 109 cm³/mol. The number of hydrogen-bond donors (Lipinski definition) is 2. The second-order valence-corrected chi connectivity index (χ2v) is 7.57. The molecule has 0 bridgehead atoms. The zero-order valence-corrected chi connectivity index (χ0v) is 17.2. The maximum absolute atomic E-state index is 13.1. The van der Waals surface area contributed by atoms with Gasteiger partial charge in [0.05, 0.1) is 17.2 Å². The molecule has 1 atom stereocenters. The summed E-state index contributed by atoms with van der Waals surface area (Å²) in [6.45, 7) is -0.105. The number of nitrogens with zero attached hydrogens (tertiary/aromatic N) is 3. The first-order valence-corrected chi connectivity index (χ1v) is 9.98. The van der Waals surface area contributed by atoms with Gasteiger partial charge in [-0.25, -0.2) is 4.98 Å². The Hall–Kier alpha value is -3.77. The van der Waals surface area contributed by atoms with Crippen molar-refractivity contribution in [3.63, 3.8) is 0 Å².